The van der Waals surface area contributed by atoms with Gasteiger partial charge >= 0.3 is 0 Å². The van der Waals surface area contributed by atoms with Crippen molar-refractivity contribution in [1.29, 1.82) is 0 Å². The summed E-state index contributed by atoms with van der Waals surface area (Å²) in [5.74, 6) is 0.447. The maximum atomic E-state index is 13.0. The zero-order valence-corrected chi connectivity index (χ0v) is 19.3. The topological polar surface area (TPSA) is 73.5 Å². The number of allylic oxidation sites excluding steroid dienone is 1. The van der Waals surface area contributed by atoms with E-state index < -0.39 is 10.0 Å². The standard InChI is InChI=1S/C23H28ClN3O3S/c1-26-12-14-27(15-13-26)31(29,30)19-8-6-18(7-9-19)20(16-17-4-2-3-5-17)22-11-10-21(24)23(28)25-22/h6-11,16-17H,2-5,12-15H2,1H3,(H,25,28). The molecule has 0 radical (unpaired) electrons. The molecule has 2 fully saturated rings. The summed E-state index contributed by atoms with van der Waals surface area (Å²) in [4.78, 5) is 17.4. The zero-order valence-electron chi connectivity index (χ0n) is 17.7. The Morgan fingerprint density at radius 3 is 2.29 bits per heavy atom. The van der Waals surface area contributed by atoms with E-state index in [0.29, 0.717) is 29.6 Å². The Bertz CT molecular complexity index is 1110. The molecule has 1 aromatic heterocycles. The SMILES string of the molecule is CN1CCN(S(=O)(=O)c2ccc(C(=CC3CCCC3)c3ccc(Cl)c(=O)[nH]3)cc2)CC1. The number of piperazine rings is 1. The lowest BCUT2D eigenvalue weighted by Crippen LogP contribution is -2.46. The number of likely N-dealkylation sites (N-methyl/N-ethyl adjacent to an activating group) is 1. The van der Waals surface area contributed by atoms with Gasteiger partial charge in [-0.05, 0) is 55.6 Å². The summed E-state index contributed by atoms with van der Waals surface area (Å²) in [6, 6.07) is 10.4. The van der Waals surface area contributed by atoms with Gasteiger partial charge in [0.05, 0.1) is 4.90 Å². The minimum atomic E-state index is -3.52. The lowest BCUT2D eigenvalue weighted by atomic mass is 9.96. The Morgan fingerprint density at radius 2 is 1.68 bits per heavy atom. The molecule has 1 aliphatic heterocycles. The van der Waals surface area contributed by atoms with E-state index in [-0.39, 0.29) is 10.6 Å². The number of sulfonamides is 1. The fourth-order valence-electron chi connectivity index (χ4n) is 4.30. The van der Waals surface area contributed by atoms with Crippen molar-refractivity contribution in [3.8, 4) is 0 Å². The van der Waals surface area contributed by atoms with Gasteiger partial charge < -0.3 is 9.88 Å². The molecule has 8 heteroatoms. The minimum Gasteiger partial charge on any atom is -0.321 e. The normalized spacial score (nSPS) is 19.7. The van der Waals surface area contributed by atoms with Crippen molar-refractivity contribution in [3.05, 3.63) is 69.1 Å². The van der Waals surface area contributed by atoms with Crippen LogP contribution in [0.4, 0.5) is 0 Å². The van der Waals surface area contributed by atoms with Crippen LogP contribution in [0.15, 0.2) is 52.2 Å². The van der Waals surface area contributed by atoms with E-state index in [1.165, 1.54) is 12.8 Å². The molecule has 1 saturated heterocycles. The van der Waals surface area contributed by atoms with Gasteiger partial charge in [0.1, 0.15) is 5.02 Å². The highest BCUT2D eigenvalue weighted by atomic mass is 35.5. The predicted molar refractivity (Wildman–Crippen MR) is 124 cm³/mol. The number of pyridine rings is 1. The fourth-order valence-corrected chi connectivity index (χ4v) is 5.83. The molecule has 2 aromatic rings. The quantitative estimate of drug-likeness (QED) is 0.738. The highest BCUT2D eigenvalue weighted by Gasteiger charge is 2.27. The van der Waals surface area contributed by atoms with Crippen LogP contribution in [0, 0.1) is 5.92 Å². The van der Waals surface area contributed by atoms with Crippen molar-refractivity contribution in [2.45, 2.75) is 30.6 Å². The van der Waals surface area contributed by atoms with Crippen LogP contribution in [0.5, 0.6) is 0 Å². The van der Waals surface area contributed by atoms with E-state index in [2.05, 4.69) is 16.0 Å². The second-order valence-electron chi connectivity index (χ2n) is 8.41. The van der Waals surface area contributed by atoms with Crippen LogP contribution >= 0.6 is 11.6 Å². The highest BCUT2D eigenvalue weighted by Crippen LogP contribution is 2.32. The van der Waals surface area contributed by atoms with Crippen LogP contribution in [0.1, 0.15) is 36.9 Å². The average Bonchev–Trinajstić information content (AvgIpc) is 3.28. The van der Waals surface area contributed by atoms with E-state index in [9.17, 15) is 13.2 Å². The summed E-state index contributed by atoms with van der Waals surface area (Å²) >= 11 is 5.92. The van der Waals surface area contributed by atoms with E-state index in [0.717, 1.165) is 37.1 Å². The lowest BCUT2D eigenvalue weighted by Gasteiger charge is -2.31. The first kappa shape index (κ1) is 22.3. The van der Waals surface area contributed by atoms with Crippen molar-refractivity contribution >= 4 is 27.2 Å². The van der Waals surface area contributed by atoms with E-state index >= 15 is 0 Å². The van der Waals surface area contributed by atoms with E-state index in [1.54, 1.807) is 28.6 Å². The van der Waals surface area contributed by atoms with E-state index in [1.807, 2.05) is 19.2 Å². The van der Waals surface area contributed by atoms with Gasteiger partial charge in [-0.15, -0.1) is 0 Å². The number of nitrogens with zero attached hydrogens (tertiary/aromatic N) is 2. The zero-order chi connectivity index (χ0) is 22.0. The molecule has 0 atom stereocenters. The second kappa shape index (κ2) is 9.28. The summed E-state index contributed by atoms with van der Waals surface area (Å²) in [7, 11) is -1.52. The van der Waals surface area contributed by atoms with Crippen LogP contribution in [0.2, 0.25) is 5.02 Å². The number of aromatic amines is 1. The van der Waals surface area contributed by atoms with Gasteiger partial charge in [0.25, 0.3) is 5.56 Å². The number of nitrogens with one attached hydrogen (secondary N) is 1. The maximum absolute atomic E-state index is 13.0. The third kappa shape index (κ3) is 4.95. The van der Waals surface area contributed by atoms with Gasteiger partial charge in [-0.25, -0.2) is 8.42 Å². The first-order valence-electron chi connectivity index (χ1n) is 10.7. The minimum absolute atomic E-state index is 0.151. The number of halogens is 1. The molecule has 4 rings (SSSR count). The summed E-state index contributed by atoms with van der Waals surface area (Å²) in [5.41, 5.74) is 2.15. The molecule has 0 unspecified atom stereocenters. The van der Waals surface area contributed by atoms with Crippen LogP contribution in [-0.4, -0.2) is 55.8 Å². The molecule has 31 heavy (non-hydrogen) atoms. The number of aromatic nitrogens is 1. The Kier molecular flexibility index (Phi) is 6.67. The lowest BCUT2D eigenvalue weighted by molar-refractivity contribution is 0.222. The van der Waals surface area contributed by atoms with Crippen molar-refractivity contribution in [3.63, 3.8) is 0 Å². The van der Waals surface area contributed by atoms with Gasteiger partial charge in [0, 0.05) is 37.4 Å². The molecule has 1 aromatic carbocycles. The molecule has 1 saturated carbocycles. The third-order valence-electron chi connectivity index (χ3n) is 6.22. The maximum Gasteiger partial charge on any atom is 0.267 e. The van der Waals surface area contributed by atoms with Gasteiger partial charge in [0.2, 0.25) is 10.0 Å². The highest BCUT2D eigenvalue weighted by molar-refractivity contribution is 7.89. The van der Waals surface area contributed by atoms with Crippen molar-refractivity contribution < 1.29 is 8.42 Å². The van der Waals surface area contributed by atoms with Gasteiger partial charge in [0.15, 0.2) is 0 Å². The number of benzene rings is 1. The average molecular weight is 462 g/mol. The van der Waals surface area contributed by atoms with E-state index in [4.69, 9.17) is 11.6 Å². The summed E-state index contributed by atoms with van der Waals surface area (Å²) in [6.45, 7) is 2.46. The molecule has 6 nitrogen and oxygen atoms in total. The predicted octanol–water partition coefficient (Wildman–Crippen LogP) is 3.59. The van der Waals surface area contributed by atoms with Crippen molar-refractivity contribution in [2.75, 3.05) is 33.2 Å². The smallest absolute Gasteiger partial charge is 0.267 e. The number of rotatable bonds is 5. The molecular weight excluding hydrogens is 434 g/mol. The van der Waals surface area contributed by atoms with Gasteiger partial charge in [-0.1, -0.05) is 42.7 Å². The molecule has 1 N–H and O–H groups in total. The molecule has 0 amide bonds. The largest absolute Gasteiger partial charge is 0.321 e. The molecule has 0 spiro atoms. The first-order chi connectivity index (χ1) is 14.8. The first-order valence-corrected chi connectivity index (χ1v) is 12.6. The Labute approximate surface area is 188 Å². The monoisotopic (exact) mass is 461 g/mol. The van der Waals surface area contributed by atoms with Crippen LogP contribution < -0.4 is 5.56 Å². The summed E-state index contributed by atoms with van der Waals surface area (Å²) < 4.78 is 27.6. The second-order valence-corrected chi connectivity index (χ2v) is 10.8. The van der Waals surface area contributed by atoms with Crippen molar-refractivity contribution in [1.82, 2.24) is 14.2 Å². The van der Waals surface area contributed by atoms with Gasteiger partial charge in [-0.3, -0.25) is 4.79 Å². The Morgan fingerprint density at radius 1 is 1.03 bits per heavy atom. The number of H-pyrrole nitrogens is 1. The molecule has 1 aliphatic carbocycles. The summed E-state index contributed by atoms with van der Waals surface area (Å²) in [5, 5.41) is 0.151. The number of hydrogen-bond donors (Lipinski definition) is 1. The van der Waals surface area contributed by atoms with Gasteiger partial charge in [-0.2, -0.15) is 4.31 Å². The molecule has 2 aliphatic rings. The van der Waals surface area contributed by atoms with Crippen molar-refractivity contribution in [2.24, 2.45) is 5.92 Å². The Hall–Kier alpha value is -1.93. The number of hydrogen-bond acceptors (Lipinski definition) is 4. The molecule has 166 valence electrons. The molecular formula is C23H28ClN3O3S. The third-order valence-corrected chi connectivity index (χ3v) is 8.43. The van der Waals surface area contributed by atoms with Crippen LogP contribution in [0.25, 0.3) is 5.57 Å². The molecule has 2 heterocycles. The fraction of sp³-hybridized carbons (Fsp3) is 0.435. The van der Waals surface area contributed by atoms with Crippen LogP contribution in [-0.2, 0) is 10.0 Å². The summed E-state index contributed by atoms with van der Waals surface area (Å²) in [6.07, 6.45) is 6.85. The van der Waals surface area contributed by atoms with Crippen LogP contribution in [0.3, 0.4) is 0 Å². The Balaban J connectivity index is 1.66. The molecule has 0 bridgehead atoms.